The summed E-state index contributed by atoms with van der Waals surface area (Å²) in [5.74, 6) is 0.202. The number of hydrogen-bond acceptors (Lipinski definition) is 7. The fraction of sp³-hybridized carbons (Fsp3) is 0.280. The van der Waals surface area contributed by atoms with Gasteiger partial charge in [0.15, 0.2) is 23.0 Å². The van der Waals surface area contributed by atoms with E-state index < -0.39 is 18.3 Å². The van der Waals surface area contributed by atoms with Crippen LogP contribution in [0.3, 0.4) is 0 Å². The van der Waals surface area contributed by atoms with E-state index in [4.69, 9.17) is 28.6 Å². The van der Waals surface area contributed by atoms with Crippen molar-refractivity contribution in [2.75, 3.05) is 17.3 Å². The van der Waals surface area contributed by atoms with Crippen molar-refractivity contribution >= 4 is 58.0 Å². The smallest absolute Gasteiger partial charge is 0.422 e. The molecule has 0 spiro atoms. The van der Waals surface area contributed by atoms with Gasteiger partial charge in [0.05, 0.1) is 11.4 Å². The lowest BCUT2D eigenvalue weighted by Gasteiger charge is -2.28. The first-order chi connectivity index (χ1) is 18.9. The maximum atomic E-state index is 12.8. The van der Waals surface area contributed by atoms with Crippen molar-refractivity contribution in [3.8, 4) is 17.1 Å². The minimum absolute atomic E-state index is 0.0845. The Labute approximate surface area is 243 Å². The number of anilines is 1. The van der Waals surface area contributed by atoms with Crippen molar-refractivity contribution in [3.63, 3.8) is 0 Å². The second kappa shape index (κ2) is 12.5. The molecule has 9 nitrogen and oxygen atoms in total. The van der Waals surface area contributed by atoms with Crippen molar-refractivity contribution in [1.82, 2.24) is 30.9 Å². The first kappa shape index (κ1) is 29.6. The van der Waals surface area contributed by atoms with Crippen molar-refractivity contribution in [2.45, 2.75) is 31.6 Å². The molecule has 1 saturated heterocycles. The molecule has 2 atom stereocenters. The fourth-order valence-corrected chi connectivity index (χ4v) is 5.09. The lowest BCUT2D eigenvalue weighted by molar-refractivity contribution is -0.153. The highest BCUT2D eigenvalue weighted by Crippen LogP contribution is 2.38. The maximum Gasteiger partial charge on any atom is 0.422 e. The molecule has 2 aromatic carbocycles. The van der Waals surface area contributed by atoms with Gasteiger partial charge in [-0.1, -0.05) is 42.4 Å². The third kappa shape index (κ3) is 7.44. The van der Waals surface area contributed by atoms with Gasteiger partial charge < -0.3 is 10.1 Å². The second-order valence-corrected chi connectivity index (χ2v) is 10.7. The van der Waals surface area contributed by atoms with Crippen LogP contribution >= 0.6 is 35.6 Å². The standard InChI is InChI=1S/C25H25ClF3N7O2S2/c1-14(2)35-13-30-22(34-35)17-6-4-16(5-7-17)15(3)32-33-23(39)31-24-36(21(37)11-40-24)19-10-18(26)8-9-20(19)38-12-25(27,28)29/h4-10,13,15,24,32H,1,11-12H2,2-3H3,(H2,31,33,39). The topological polar surface area (TPSA) is 96.3 Å². The van der Waals surface area contributed by atoms with Gasteiger partial charge in [-0.3, -0.25) is 15.1 Å². The number of amides is 1. The quantitative estimate of drug-likeness (QED) is 0.225. The fourth-order valence-electron chi connectivity index (χ4n) is 3.66. The number of rotatable bonds is 9. The minimum Gasteiger partial charge on any atom is -0.482 e. The number of thioether (sulfide) groups is 1. The predicted molar refractivity (Wildman–Crippen MR) is 154 cm³/mol. The summed E-state index contributed by atoms with van der Waals surface area (Å²) in [6.45, 7) is 6.10. The van der Waals surface area contributed by atoms with E-state index in [-0.39, 0.29) is 39.3 Å². The summed E-state index contributed by atoms with van der Waals surface area (Å²) in [5, 5.41) is 7.80. The lowest BCUT2D eigenvalue weighted by atomic mass is 10.1. The minimum atomic E-state index is -4.54. The van der Waals surface area contributed by atoms with Crippen LogP contribution in [0.4, 0.5) is 18.9 Å². The lowest BCUT2D eigenvalue weighted by Crippen LogP contribution is -2.52. The van der Waals surface area contributed by atoms with Crippen molar-refractivity contribution < 1.29 is 22.7 Å². The third-order valence-electron chi connectivity index (χ3n) is 5.65. The maximum absolute atomic E-state index is 12.8. The number of benzene rings is 2. The van der Waals surface area contributed by atoms with E-state index in [0.717, 1.165) is 16.8 Å². The van der Waals surface area contributed by atoms with E-state index in [2.05, 4.69) is 32.8 Å². The number of nitrogens with one attached hydrogen (secondary N) is 3. The molecular formula is C25H25ClF3N7O2S2. The first-order valence-corrected chi connectivity index (χ1v) is 13.7. The number of hydrazine groups is 1. The molecular weight excluding hydrogens is 587 g/mol. The van der Waals surface area contributed by atoms with Crippen molar-refractivity contribution in [1.29, 1.82) is 0 Å². The van der Waals surface area contributed by atoms with Gasteiger partial charge in [0, 0.05) is 22.3 Å². The van der Waals surface area contributed by atoms with E-state index in [9.17, 15) is 18.0 Å². The van der Waals surface area contributed by atoms with E-state index in [1.807, 2.05) is 38.1 Å². The van der Waals surface area contributed by atoms with Gasteiger partial charge in [0.1, 0.15) is 12.1 Å². The zero-order valence-electron chi connectivity index (χ0n) is 21.3. The number of ether oxygens (including phenoxy) is 1. The monoisotopic (exact) mass is 611 g/mol. The Balaban J connectivity index is 1.37. The second-order valence-electron chi connectivity index (χ2n) is 8.78. The Morgan fingerprint density at radius 3 is 2.67 bits per heavy atom. The highest BCUT2D eigenvalue weighted by atomic mass is 35.5. The van der Waals surface area contributed by atoms with Gasteiger partial charge in [-0.05, 0) is 49.8 Å². The summed E-state index contributed by atoms with van der Waals surface area (Å²) in [6, 6.07) is 11.6. The van der Waals surface area contributed by atoms with Crippen LogP contribution in [-0.2, 0) is 4.79 Å². The number of carbonyl (C=O) groups excluding carboxylic acids is 1. The summed E-state index contributed by atoms with van der Waals surface area (Å²) in [5.41, 5.74) is 7.96. The molecule has 2 heterocycles. The van der Waals surface area contributed by atoms with Gasteiger partial charge >= 0.3 is 6.18 Å². The molecule has 1 amide bonds. The van der Waals surface area contributed by atoms with Gasteiger partial charge in [0.25, 0.3) is 0 Å². The van der Waals surface area contributed by atoms with Crippen molar-refractivity contribution in [2.24, 2.45) is 0 Å². The Bertz CT molecular complexity index is 1400. The Kier molecular flexibility index (Phi) is 9.23. The van der Waals surface area contributed by atoms with Crippen LogP contribution in [0.25, 0.3) is 17.1 Å². The summed E-state index contributed by atoms with van der Waals surface area (Å²) in [4.78, 5) is 18.3. The number of thiocarbonyl (C=S) groups is 1. The molecule has 1 aromatic heterocycles. The molecule has 2 unspecified atom stereocenters. The summed E-state index contributed by atoms with van der Waals surface area (Å²) < 4.78 is 44.8. The Hall–Kier alpha value is -3.33. The number of nitrogens with zero attached hydrogens (tertiary/aromatic N) is 4. The zero-order valence-corrected chi connectivity index (χ0v) is 23.7. The van der Waals surface area contributed by atoms with Gasteiger partial charge in [0.2, 0.25) is 5.91 Å². The van der Waals surface area contributed by atoms with Gasteiger partial charge in [-0.25, -0.2) is 15.1 Å². The number of halogens is 4. The molecule has 0 bridgehead atoms. The first-order valence-electron chi connectivity index (χ1n) is 11.8. The molecule has 40 heavy (non-hydrogen) atoms. The molecule has 212 valence electrons. The number of allylic oxidation sites excluding steroid dienone is 1. The third-order valence-corrected chi connectivity index (χ3v) is 7.16. The van der Waals surface area contributed by atoms with Crippen molar-refractivity contribution in [3.05, 3.63) is 66.0 Å². The molecule has 0 aliphatic carbocycles. The molecule has 1 fully saturated rings. The molecule has 0 saturated carbocycles. The molecule has 0 radical (unpaired) electrons. The van der Waals surface area contributed by atoms with E-state index in [0.29, 0.717) is 5.82 Å². The largest absolute Gasteiger partial charge is 0.482 e. The van der Waals surface area contributed by atoms with Crippen LogP contribution in [-0.4, -0.2) is 49.8 Å². The van der Waals surface area contributed by atoms with Crippen LogP contribution in [0.2, 0.25) is 5.02 Å². The number of aromatic nitrogens is 3. The van der Waals surface area contributed by atoms with E-state index in [1.54, 1.807) is 11.0 Å². The molecule has 1 aliphatic heterocycles. The molecule has 3 aromatic rings. The van der Waals surface area contributed by atoms with E-state index >= 15 is 0 Å². The highest BCUT2D eigenvalue weighted by molar-refractivity contribution is 8.01. The highest BCUT2D eigenvalue weighted by Gasteiger charge is 2.36. The number of alkyl halides is 3. The van der Waals surface area contributed by atoms with Crippen LogP contribution < -0.4 is 25.8 Å². The van der Waals surface area contributed by atoms with Gasteiger partial charge in [-0.15, -0.1) is 16.9 Å². The van der Waals surface area contributed by atoms with E-state index in [1.165, 1.54) is 34.9 Å². The SMILES string of the molecule is C=C(C)n1cnc(-c2ccc(C(C)NNC(=S)NC3SCC(=O)N3c3cc(Cl)ccc3OCC(F)(F)F)cc2)n1. The molecule has 3 N–H and O–H groups in total. The molecule has 15 heteroatoms. The summed E-state index contributed by atoms with van der Waals surface area (Å²) in [6.07, 6.45) is -2.94. The van der Waals surface area contributed by atoms with Crippen LogP contribution in [0.5, 0.6) is 5.75 Å². The Morgan fingerprint density at radius 1 is 1.30 bits per heavy atom. The normalized spacial score (nSPS) is 16.1. The number of hydrogen-bond donors (Lipinski definition) is 3. The average Bonchev–Trinajstić information content (AvgIpc) is 3.53. The zero-order chi connectivity index (χ0) is 29.0. The molecule has 4 rings (SSSR count). The molecule has 1 aliphatic rings. The Morgan fingerprint density at radius 2 is 2.02 bits per heavy atom. The van der Waals surface area contributed by atoms with Crippen LogP contribution in [0.15, 0.2) is 55.4 Å². The summed E-state index contributed by atoms with van der Waals surface area (Å²) >= 11 is 12.7. The van der Waals surface area contributed by atoms with Gasteiger partial charge in [-0.2, -0.15) is 13.2 Å². The predicted octanol–water partition coefficient (Wildman–Crippen LogP) is 5.12. The average molecular weight is 612 g/mol. The van der Waals surface area contributed by atoms with Crippen LogP contribution in [0, 0.1) is 0 Å². The van der Waals surface area contributed by atoms with Crippen LogP contribution in [0.1, 0.15) is 25.5 Å². The summed E-state index contributed by atoms with van der Waals surface area (Å²) in [7, 11) is 0. The number of carbonyl (C=O) groups is 1.